The molecule has 0 bridgehead atoms. The monoisotopic (exact) mass is 312 g/mol. The Bertz CT molecular complexity index is 746. The zero-order chi connectivity index (χ0) is 14.9. The van der Waals surface area contributed by atoms with Crippen LogP contribution in [0, 0.1) is 17.4 Å². The van der Waals surface area contributed by atoms with Crippen LogP contribution >= 0.6 is 23.8 Å². The van der Waals surface area contributed by atoms with E-state index in [0.717, 1.165) is 0 Å². The molecule has 104 valence electrons. The molecule has 0 atom stereocenters. The minimum atomic E-state index is -0.565. The van der Waals surface area contributed by atoms with Crippen molar-refractivity contribution in [3.8, 4) is 11.4 Å². The molecule has 4 nitrogen and oxygen atoms in total. The Morgan fingerprint density at radius 2 is 2.20 bits per heavy atom. The number of aryl methyl sites for hydroxylation is 1. The maximum atomic E-state index is 13.5. The summed E-state index contributed by atoms with van der Waals surface area (Å²) in [5, 5.41) is 0.0234. The summed E-state index contributed by atoms with van der Waals surface area (Å²) in [5.41, 5.74) is 1.18. The Balaban J connectivity index is 2.57. The van der Waals surface area contributed by atoms with Crippen LogP contribution in [0.4, 0.5) is 4.39 Å². The lowest BCUT2D eigenvalue weighted by Crippen LogP contribution is -2.08. The van der Waals surface area contributed by atoms with Crippen molar-refractivity contribution < 1.29 is 13.9 Å². The van der Waals surface area contributed by atoms with Gasteiger partial charge in [0.05, 0.1) is 12.1 Å². The second kappa shape index (κ2) is 5.68. The Morgan fingerprint density at radius 1 is 1.50 bits per heavy atom. The third-order valence-electron chi connectivity index (χ3n) is 2.69. The highest BCUT2D eigenvalue weighted by Crippen LogP contribution is 2.22. The third-order valence-corrected chi connectivity index (χ3v) is 3.29. The van der Waals surface area contributed by atoms with Crippen molar-refractivity contribution in [2.75, 3.05) is 7.11 Å². The molecule has 7 heteroatoms. The van der Waals surface area contributed by atoms with E-state index in [4.69, 9.17) is 23.8 Å². The van der Waals surface area contributed by atoms with Crippen molar-refractivity contribution in [2.24, 2.45) is 0 Å². The lowest BCUT2D eigenvalue weighted by Gasteiger charge is -2.08. The van der Waals surface area contributed by atoms with E-state index in [9.17, 15) is 9.18 Å². The molecule has 1 heterocycles. The van der Waals surface area contributed by atoms with Crippen molar-refractivity contribution >= 4 is 29.8 Å². The number of aromatic amines is 1. The number of hydrogen-bond acceptors (Lipinski definition) is 4. The fourth-order valence-electron chi connectivity index (χ4n) is 1.71. The second-order valence-corrected chi connectivity index (χ2v) is 4.80. The van der Waals surface area contributed by atoms with E-state index in [1.807, 2.05) is 0 Å². The van der Waals surface area contributed by atoms with Crippen molar-refractivity contribution in [1.29, 1.82) is 0 Å². The standard InChI is InChI=1S/C13H10ClFN2O2S/c1-6-10(13(18)19-2)12(20)17-11(16-6)7-3-4-8(14)9(15)5-7/h3-5H,1-2H3,(H,16,17,20). The molecule has 0 saturated carbocycles. The minimum absolute atomic E-state index is 0.0234. The Labute approximate surface area is 124 Å². The molecule has 2 rings (SSSR count). The SMILES string of the molecule is COC(=O)c1c(C)[nH]c(-c2ccc(Cl)c(F)c2)nc1=S. The van der Waals surface area contributed by atoms with Gasteiger partial charge >= 0.3 is 5.97 Å². The van der Waals surface area contributed by atoms with Crippen molar-refractivity contribution in [3.63, 3.8) is 0 Å². The summed E-state index contributed by atoms with van der Waals surface area (Å²) in [6, 6.07) is 4.28. The van der Waals surface area contributed by atoms with Gasteiger partial charge in [-0.05, 0) is 25.1 Å². The molecule has 0 fully saturated rings. The van der Waals surface area contributed by atoms with Gasteiger partial charge in [-0.25, -0.2) is 14.2 Å². The molecule has 0 saturated heterocycles. The summed E-state index contributed by atoms with van der Waals surface area (Å²) in [6.45, 7) is 1.67. The van der Waals surface area contributed by atoms with Crippen LogP contribution in [0.15, 0.2) is 18.2 Å². The summed E-state index contributed by atoms with van der Waals surface area (Å²) in [5.74, 6) is -0.763. The topological polar surface area (TPSA) is 55.0 Å². The summed E-state index contributed by atoms with van der Waals surface area (Å²) >= 11 is 10.7. The highest BCUT2D eigenvalue weighted by molar-refractivity contribution is 7.71. The summed E-state index contributed by atoms with van der Waals surface area (Å²) < 4.78 is 18.2. The molecular formula is C13H10ClFN2O2S. The molecule has 0 radical (unpaired) electrons. The highest BCUT2D eigenvalue weighted by atomic mass is 35.5. The molecule has 0 aliphatic carbocycles. The van der Waals surface area contributed by atoms with Crippen molar-refractivity contribution in [3.05, 3.63) is 44.9 Å². The van der Waals surface area contributed by atoms with Crippen LogP contribution in [0.3, 0.4) is 0 Å². The van der Waals surface area contributed by atoms with Crippen molar-refractivity contribution in [1.82, 2.24) is 9.97 Å². The number of carbonyl (C=O) groups excluding carboxylic acids is 1. The number of nitrogens with one attached hydrogen (secondary N) is 1. The number of carbonyl (C=O) groups is 1. The molecule has 1 aromatic carbocycles. The zero-order valence-corrected chi connectivity index (χ0v) is 12.2. The summed E-state index contributed by atoms with van der Waals surface area (Å²) in [4.78, 5) is 18.6. The predicted octanol–water partition coefficient (Wildman–Crippen LogP) is 3.69. The zero-order valence-electron chi connectivity index (χ0n) is 10.7. The normalized spacial score (nSPS) is 10.4. The average molecular weight is 313 g/mol. The lowest BCUT2D eigenvalue weighted by atomic mass is 10.2. The number of rotatable bonds is 2. The van der Waals surface area contributed by atoms with Gasteiger partial charge in [0.1, 0.15) is 21.8 Å². The van der Waals surface area contributed by atoms with Crippen molar-refractivity contribution in [2.45, 2.75) is 6.92 Å². The molecule has 1 N–H and O–H groups in total. The highest BCUT2D eigenvalue weighted by Gasteiger charge is 2.15. The number of esters is 1. The van der Waals surface area contributed by atoms with E-state index in [-0.39, 0.29) is 15.2 Å². The van der Waals surface area contributed by atoms with Gasteiger partial charge in [-0.1, -0.05) is 23.8 Å². The second-order valence-electron chi connectivity index (χ2n) is 4.01. The first-order valence-electron chi connectivity index (χ1n) is 5.58. The first kappa shape index (κ1) is 14.6. The molecular weight excluding hydrogens is 303 g/mol. The predicted molar refractivity (Wildman–Crippen MR) is 75.9 cm³/mol. The van der Waals surface area contributed by atoms with Crippen LogP contribution in [0.1, 0.15) is 16.1 Å². The third kappa shape index (κ3) is 2.71. The lowest BCUT2D eigenvalue weighted by molar-refractivity contribution is 0.0598. The molecule has 0 amide bonds. The largest absolute Gasteiger partial charge is 0.465 e. The molecule has 0 spiro atoms. The maximum Gasteiger partial charge on any atom is 0.342 e. The van der Waals surface area contributed by atoms with Gasteiger partial charge in [-0.15, -0.1) is 0 Å². The number of halogens is 2. The number of hydrogen-bond donors (Lipinski definition) is 1. The fourth-order valence-corrected chi connectivity index (χ4v) is 2.15. The quantitative estimate of drug-likeness (QED) is 0.678. The van der Waals surface area contributed by atoms with Gasteiger partial charge in [0.15, 0.2) is 0 Å². The Morgan fingerprint density at radius 3 is 2.75 bits per heavy atom. The van der Waals surface area contributed by atoms with Crippen LogP contribution in [0.5, 0.6) is 0 Å². The van der Waals surface area contributed by atoms with Gasteiger partial charge in [0.25, 0.3) is 0 Å². The summed E-state index contributed by atoms with van der Waals surface area (Å²) in [6.07, 6.45) is 0. The molecule has 1 aromatic heterocycles. The first-order valence-corrected chi connectivity index (χ1v) is 6.37. The van der Waals surface area contributed by atoms with Gasteiger partial charge in [0, 0.05) is 11.3 Å². The van der Waals surface area contributed by atoms with Gasteiger partial charge in [-0.2, -0.15) is 0 Å². The molecule has 0 unspecified atom stereocenters. The Kier molecular flexibility index (Phi) is 4.15. The fraction of sp³-hybridized carbons (Fsp3) is 0.154. The number of nitrogens with zero attached hydrogens (tertiary/aromatic N) is 1. The van der Waals surface area contributed by atoms with Crippen LogP contribution in [0.2, 0.25) is 5.02 Å². The van der Waals surface area contributed by atoms with E-state index in [2.05, 4.69) is 14.7 Å². The molecule has 2 aromatic rings. The van der Waals surface area contributed by atoms with E-state index >= 15 is 0 Å². The van der Waals surface area contributed by atoms with E-state index in [0.29, 0.717) is 17.1 Å². The van der Waals surface area contributed by atoms with Gasteiger partial charge < -0.3 is 9.72 Å². The van der Waals surface area contributed by atoms with Gasteiger partial charge in [0.2, 0.25) is 0 Å². The average Bonchev–Trinajstić information content (AvgIpc) is 2.40. The van der Waals surface area contributed by atoms with E-state index < -0.39 is 11.8 Å². The number of aromatic nitrogens is 2. The smallest absolute Gasteiger partial charge is 0.342 e. The maximum absolute atomic E-state index is 13.5. The first-order chi connectivity index (χ1) is 9.43. The van der Waals surface area contributed by atoms with E-state index in [1.54, 1.807) is 13.0 Å². The van der Waals surface area contributed by atoms with Crippen LogP contribution in [-0.4, -0.2) is 23.0 Å². The molecule has 0 aliphatic heterocycles. The number of methoxy groups -OCH3 is 1. The number of benzene rings is 1. The van der Waals surface area contributed by atoms with Crippen LogP contribution in [0.25, 0.3) is 11.4 Å². The molecule has 20 heavy (non-hydrogen) atoms. The van der Waals surface area contributed by atoms with Crippen LogP contribution in [-0.2, 0) is 4.74 Å². The number of H-pyrrole nitrogens is 1. The van der Waals surface area contributed by atoms with Gasteiger partial charge in [-0.3, -0.25) is 0 Å². The van der Waals surface area contributed by atoms with E-state index in [1.165, 1.54) is 19.2 Å². The minimum Gasteiger partial charge on any atom is -0.465 e. The van der Waals surface area contributed by atoms with Crippen LogP contribution < -0.4 is 0 Å². The molecule has 0 aliphatic rings. The summed E-state index contributed by atoms with van der Waals surface area (Å²) in [7, 11) is 1.26. The number of ether oxygens (including phenoxy) is 1. The Hall–Kier alpha value is -1.79.